The molecule has 0 radical (unpaired) electrons. The summed E-state index contributed by atoms with van der Waals surface area (Å²) in [7, 11) is 0. The normalized spacial score (nSPS) is 11.1. The van der Waals surface area contributed by atoms with Crippen molar-refractivity contribution in [2.45, 2.75) is 6.92 Å². The predicted molar refractivity (Wildman–Crippen MR) is 36.9 cm³/mol. The number of nitrogens with two attached hydrogens (primary N) is 1. The summed E-state index contributed by atoms with van der Waals surface area (Å²) in [6, 6.07) is 0. The van der Waals surface area contributed by atoms with Gasteiger partial charge in [0.15, 0.2) is 5.78 Å². The van der Waals surface area contributed by atoms with Crippen molar-refractivity contribution in [3.8, 4) is 0 Å². The van der Waals surface area contributed by atoms with Gasteiger partial charge in [-0.25, -0.2) is 0 Å². The molecule has 50 valence electrons. The number of carbonyl (C=O) groups excluding carboxylic acids is 2. The smallest absolute Gasteiger partial charge is 0.255 e. The highest BCUT2D eigenvalue weighted by molar-refractivity contribution is 9.12. The number of amides is 1. The number of halogens is 1. The van der Waals surface area contributed by atoms with E-state index >= 15 is 0 Å². The van der Waals surface area contributed by atoms with Gasteiger partial charge in [-0.1, -0.05) is 0 Å². The molecule has 3 nitrogen and oxygen atoms in total. The maximum absolute atomic E-state index is 10.2. The predicted octanol–water partition coefficient (Wildman–Crippen LogP) is 0.340. The van der Waals surface area contributed by atoms with Gasteiger partial charge in [0.25, 0.3) is 5.91 Å². The van der Waals surface area contributed by atoms with Crippen LogP contribution in [0.5, 0.6) is 0 Å². The highest BCUT2D eigenvalue weighted by atomic mass is 79.9. The molecule has 0 aliphatic rings. The van der Waals surface area contributed by atoms with Gasteiger partial charge in [-0.2, -0.15) is 0 Å². The number of primary amides is 1. The Morgan fingerprint density at radius 3 is 2.11 bits per heavy atom. The lowest BCUT2D eigenvalue weighted by molar-refractivity contribution is -0.115. The topological polar surface area (TPSA) is 60.2 Å². The van der Waals surface area contributed by atoms with Gasteiger partial charge in [0.1, 0.15) is 0 Å². The lowest BCUT2D eigenvalue weighted by Gasteiger charge is -1.86. The molecule has 0 unspecified atom stereocenters. The van der Waals surface area contributed by atoms with Gasteiger partial charge in [0, 0.05) is 6.08 Å². The van der Waals surface area contributed by atoms with E-state index in [1.807, 2.05) is 0 Å². The zero-order chi connectivity index (χ0) is 7.44. The van der Waals surface area contributed by atoms with Gasteiger partial charge < -0.3 is 5.73 Å². The van der Waals surface area contributed by atoms with Gasteiger partial charge in [0.2, 0.25) is 0 Å². The second-order valence-corrected chi connectivity index (χ2v) is 2.32. The van der Waals surface area contributed by atoms with Crippen molar-refractivity contribution in [1.82, 2.24) is 0 Å². The first-order valence-corrected chi connectivity index (χ1v) is 3.01. The Hall–Kier alpha value is -0.640. The Labute approximate surface area is 61.0 Å². The molecule has 0 saturated carbocycles. The molecule has 0 aliphatic heterocycles. The minimum atomic E-state index is -0.634. The maximum atomic E-state index is 10.2. The van der Waals surface area contributed by atoms with E-state index in [1.54, 1.807) is 0 Å². The van der Waals surface area contributed by atoms with Crippen molar-refractivity contribution in [1.29, 1.82) is 0 Å². The van der Waals surface area contributed by atoms with Crippen molar-refractivity contribution >= 4 is 27.6 Å². The first-order valence-electron chi connectivity index (χ1n) is 2.21. The standard InChI is InChI=1S/C5H6BrNO2/c1-3(8)2-4(6)5(7)9/h2H,1H3,(H2,7,9)/b4-2+. The van der Waals surface area contributed by atoms with Crippen LogP contribution in [0.2, 0.25) is 0 Å². The van der Waals surface area contributed by atoms with E-state index in [0.717, 1.165) is 6.08 Å². The molecule has 0 rings (SSSR count). The van der Waals surface area contributed by atoms with Crippen molar-refractivity contribution in [3.63, 3.8) is 0 Å². The monoisotopic (exact) mass is 191 g/mol. The van der Waals surface area contributed by atoms with Gasteiger partial charge in [0.05, 0.1) is 4.48 Å². The minimum Gasteiger partial charge on any atom is -0.365 e. The third-order valence-corrected chi connectivity index (χ3v) is 1.19. The Morgan fingerprint density at radius 2 is 2.00 bits per heavy atom. The fourth-order valence-corrected chi connectivity index (χ4v) is 0.572. The number of hydrogen-bond donors (Lipinski definition) is 1. The van der Waals surface area contributed by atoms with E-state index in [4.69, 9.17) is 5.73 Å². The van der Waals surface area contributed by atoms with Crippen LogP contribution in [0.15, 0.2) is 10.6 Å². The van der Waals surface area contributed by atoms with Crippen LogP contribution in [0.25, 0.3) is 0 Å². The number of allylic oxidation sites excluding steroid dienone is 1. The van der Waals surface area contributed by atoms with Crippen LogP contribution in [0, 0.1) is 0 Å². The molecule has 0 atom stereocenters. The molecule has 2 N–H and O–H groups in total. The molecule has 0 heterocycles. The highest BCUT2D eigenvalue weighted by Gasteiger charge is 1.98. The van der Waals surface area contributed by atoms with E-state index in [1.165, 1.54) is 6.92 Å². The summed E-state index contributed by atoms with van der Waals surface area (Å²) < 4.78 is 0.106. The summed E-state index contributed by atoms with van der Waals surface area (Å²) in [6.07, 6.45) is 1.13. The molecule has 9 heavy (non-hydrogen) atoms. The van der Waals surface area contributed by atoms with E-state index in [0.29, 0.717) is 0 Å². The lowest BCUT2D eigenvalue weighted by atomic mass is 10.4. The van der Waals surface area contributed by atoms with Crippen LogP contribution in [-0.4, -0.2) is 11.7 Å². The quantitative estimate of drug-likeness (QED) is 0.641. The number of hydrogen-bond acceptors (Lipinski definition) is 2. The molecule has 0 saturated heterocycles. The average Bonchev–Trinajstić information content (AvgIpc) is 1.63. The summed E-state index contributed by atoms with van der Waals surface area (Å²) in [5.74, 6) is -0.842. The third-order valence-electron chi connectivity index (χ3n) is 0.565. The second-order valence-electron chi connectivity index (χ2n) is 1.47. The molecule has 0 fully saturated rings. The van der Waals surface area contributed by atoms with Crippen LogP contribution in [-0.2, 0) is 9.59 Å². The Bertz CT molecular complexity index is 174. The van der Waals surface area contributed by atoms with Crippen molar-refractivity contribution in [3.05, 3.63) is 10.6 Å². The summed E-state index contributed by atoms with van der Waals surface area (Å²) >= 11 is 2.81. The zero-order valence-corrected chi connectivity index (χ0v) is 6.44. The van der Waals surface area contributed by atoms with Crippen LogP contribution in [0.3, 0.4) is 0 Å². The van der Waals surface area contributed by atoms with E-state index in [9.17, 15) is 9.59 Å². The van der Waals surface area contributed by atoms with Crippen molar-refractivity contribution in [2.24, 2.45) is 5.73 Å². The molecule has 1 amide bonds. The Balaban J connectivity index is 4.17. The first kappa shape index (κ1) is 8.36. The van der Waals surface area contributed by atoms with Gasteiger partial charge >= 0.3 is 0 Å². The minimum absolute atomic E-state index is 0.106. The highest BCUT2D eigenvalue weighted by Crippen LogP contribution is 2.01. The van der Waals surface area contributed by atoms with Crippen molar-refractivity contribution in [2.75, 3.05) is 0 Å². The van der Waals surface area contributed by atoms with Gasteiger partial charge in [-0.15, -0.1) is 0 Å². The van der Waals surface area contributed by atoms with E-state index in [2.05, 4.69) is 15.9 Å². The van der Waals surface area contributed by atoms with Crippen LogP contribution < -0.4 is 5.73 Å². The second kappa shape index (κ2) is 3.40. The number of rotatable bonds is 2. The van der Waals surface area contributed by atoms with Gasteiger partial charge in [-0.05, 0) is 22.9 Å². The van der Waals surface area contributed by atoms with Crippen LogP contribution in [0.1, 0.15) is 6.92 Å². The molecule has 0 aliphatic carbocycles. The molecular weight excluding hydrogens is 186 g/mol. The number of ketones is 1. The Morgan fingerprint density at radius 1 is 1.56 bits per heavy atom. The first-order chi connectivity index (χ1) is 4.04. The molecule has 0 aromatic rings. The molecule has 4 heteroatoms. The molecule has 0 bridgehead atoms. The summed E-state index contributed by atoms with van der Waals surface area (Å²) in [5.41, 5.74) is 4.78. The molecular formula is C5H6BrNO2. The van der Waals surface area contributed by atoms with Gasteiger partial charge in [-0.3, -0.25) is 9.59 Å². The van der Waals surface area contributed by atoms with E-state index < -0.39 is 5.91 Å². The fourth-order valence-electron chi connectivity index (χ4n) is 0.250. The molecule has 0 aromatic carbocycles. The lowest BCUT2D eigenvalue weighted by Crippen LogP contribution is -2.10. The van der Waals surface area contributed by atoms with Crippen LogP contribution in [0.4, 0.5) is 0 Å². The molecule has 0 aromatic heterocycles. The zero-order valence-electron chi connectivity index (χ0n) is 4.85. The SMILES string of the molecule is CC(=O)/C=C(/Br)C(N)=O. The maximum Gasteiger partial charge on any atom is 0.255 e. The van der Waals surface area contributed by atoms with Crippen LogP contribution >= 0.6 is 15.9 Å². The third kappa shape index (κ3) is 3.90. The summed E-state index contributed by atoms with van der Waals surface area (Å²) in [6.45, 7) is 1.34. The average molecular weight is 192 g/mol. The number of carbonyl (C=O) groups is 2. The largest absolute Gasteiger partial charge is 0.365 e. The fraction of sp³-hybridized carbons (Fsp3) is 0.200. The van der Waals surface area contributed by atoms with Crippen molar-refractivity contribution < 1.29 is 9.59 Å². The molecule has 0 spiro atoms. The summed E-state index contributed by atoms with van der Waals surface area (Å²) in [4.78, 5) is 20.4. The Kier molecular flexibility index (Phi) is 3.16. The van der Waals surface area contributed by atoms with E-state index in [-0.39, 0.29) is 10.3 Å². The summed E-state index contributed by atoms with van der Waals surface area (Å²) in [5, 5.41) is 0.